The van der Waals surface area contributed by atoms with E-state index in [0.29, 0.717) is 12.1 Å². The highest BCUT2D eigenvalue weighted by Crippen LogP contribution is 2.17. The highest BCUT2D eigenvalue weighted by Gasteiger charge is 2.14. The predicted molar refractivity (Wildman–Crippen MR) is 74.9 cm³/mol. The molecule has 0 fully saturated rings. The summed E-state index contributed by atoms with van der Waals surface area (Å²) in [4.78, 5) is 11.8. The predicted octanol–water partition coefficient (Wildman–Crippen LogP) is 2.39. The second-order valence-corrected chi connectivity index (χ2v) is 4.71. The zero-order valence-electron chi connectivity index (χ0n) is 12.0. The first-order valence-corrected chi connectivity index (χ1v) is 6.91. The number of carbonyl (C=O) groups excluding carboxylic acids is 1. The molecule has 1 rings (SSSR count). The molecule has 2 N–H and O–H groups in total. The monoisotopic (exact) mass is 283 g/mol. The van der Waals surface area contributed by atoms with Crippen LogP contribution < -0.4 is 10.1 Å². The summed E-state index contributed by atoms with van der Waals surface area (Å²) in [6.07, 6.45) is 2.39. The van der Waals surface area contributed by atoms with E-state index in [-0.39, 0.29) is 18.3 Å². The van der Waals surface area contributed by atoms with Crippen molar-refractivity contribution in [3.05, 3.63) is 29.6 Å². The molecule has 1 amide bonds. The van der Waals surface area contributed by atoms with Gasteiger partial charge in [0, 0.05) is 12.6 Å². The zero-order valence-corrected chi connectivity index (χ0v) is 12.0. The van der Waals surface area contributed by atoms with Crippen molar-refractivity contribution in [2.45, 2.75) is 45.8 Å². The van der Waals surface area contributed by atoms with E-state index in [2.05, 4.69) is 12.2 Å². The number of aliphatic hydroxyl groups is 1. The lowest BCUT2D eigenvalue weighted by Crippen LogP contribution is -2.36. The summed E-state index contributed by atoms with van der Waals surface area (Å²) in [6, 6.07) is 3.94. The third-order valence-electron chi connectivity index (χ3n) is 2.88. The first kappa shape index (κ1) is 16.4. The molecule has 0 aromatic heterocycles. The maximum Gasteiger partial charge on any atom is 0.260 e. The van der Waals surface area contributed by atoms with Gasteiger partial charge in [-0.05, 0) is 31.0 Å². The van der Waals surface area contributed by atoms with Crippen molar-refractivity contribution in [2.24, 2.45) is 0 Å². The molecule has 112 valence electrons. The number of halogens is 1. The van der Waals surface area contributed by atoms with Crippen molar-refractivity contribution >= 4 is 5.91 Å². The number of hydrogen-bond acceptors (Lipinski definition) is 3. The number of carbonyl (C=O) groups is 1. The van der Waals surface area contributed by atoms with Gasteiger partial charge in [-0.3, -0.25) is 4.79 Å². The van der Waals surface area contributed by atoms with Crippen LogP contribution in [-0.2, 0) is 11.4 Å². The lowest BCUT2D eigenvalue weighted by Gasteiger charge is -2.15. The summed E-state index contributed by atoms with van der Waals surface area (Å²) in [5.41, 5.74) is 0.413. The van der Waals surface area contributed by atoms with Gasteiger partial charge in [-0.15, -0.1) is 0 Å². The molecular weight excluding hydrogens is 261 g/mol. The molecule has 0 aliphatic carbocycles. The number of amides is 1. The van der Waals surface area contributed by atoms with E-state index in [1.54, 1.807) is 6.92 Å². The van der Waals surface area contributed by atoms with Crippen LogP contribution >= 0.6 is 0 Å². The summed E-state index contributed by atoms with van der Waals surface area (Å²) >= 11 is 0. The SMILES string of the molecule is CCCCCNC(=O)C(C)Oc1cc(F)cc(CO)c1. The van der Waals surface area contributed by atoms with Crippen LogP contribution in [0.15, 0.2) is 18.2 Å². The highest BCUT2D eigenvalue weighted by molar-refractivity contribution is 5.80. The molecule has 0 aliphatic heterocycles. The minimum atomic E-state index is -0.704. The molecule has 20 heavy (non-hydrogen) atoms. The number of hydrogen-bond donors (Lipinski definition) is 2. The number of benzene rings is 1. The molecule has 5 heteroatoms. The van der Waals surface area contributed by atoms with E-state index in [9.17, 15) is 9.18 Å². The Hall–Kier alpha value is -1.62. The summed E-state index contributed by atoms with van der Waals surface area (Å²) < 4.78 is 18.7. The van der Waals surface area contributed by atoms with Crippen LogP contribution in [0.2, 0.25) is 0 Å². The van der Waals surface area contributed by atoms with E-state index >= 15 is 0 Å². The quantitative estimate of drug-likeness (QED) is 0.720. The van der Waals surface area contributed by atoms with Gasteiger partial charge in [0.15, 0.2) is 6.10 Å². The Kier molecular flexibility index (Phi) is 7.01. The van der Waals surface area contributed by atoms with Crippen molar-refractivity contribution in [3.8, 4) is 5.75 Å². The Bertz CT molecular complexity index is 437. The largest absolute Gasteiger partial charge is 0.481 e. The van der Waals surface area contributed by atoms with Crippen molar-refractivity contribution in [1.82, 2.24) is 5.32 Å². The number of aliphatic hydroxyl groups excluding tert-OH is 1. The van der Waals surface area contributed by atoms with Crippen LogP contribution in [-0.4, -0.2) is 23.7 Å². The molecule has 0 aliphatic rings. The maximum atomic E-state index is 13.3. The molecule has 1 aromatic rings. The first-order chi connectivity index (χ1) is 9.56. The van der Waals surface area contributed by atoms with Gasteiger partial charge >= 0.3 is 0 Å². The van der Waals surface area contributed by atoms with Crippen LogP contribution in [0.3, 0.4) is 0 Å². The fraction of sp³-hybridized carbons (Fsp3) is 0.533. The summed E-state index contributed by atoms with van der Waals surface area (Å²) in [6.45, 7) is 4.05. The lowest BCUT2D eigenvalue weighted by atomic mass is 10.2. The Balaban J connectivity index is 2.50. The molecule has 0 spiro atoms. The molecule has 1 atom stereocenters. The molecule has 4 nitrogen and oxygen atoms in total. The minimum absolute atomic E-state index is 0.226. The smallest absolute Gasteiger partial charge is 0.260 e. The van der Waals surface area contributed by atoms with Gasteiger partial charge in [0.05, 0.1) is 6.61 Å². The average molecular weight is 283 g/mol. The second kappa shape index (κ2) is 8.53. The lowest BCUT2D eigenvalue weighted by molar-refractivity contribution is -0.127. The number of rotatable bonds is 8. The van der Waals surface area contributed by atoms with Gasteiger partial charge in [-0.1, -0.05) is 19.8 Å². The molecule has 1 aromatic carbocycles. The standard InChI is InChI=1S/C15H22FNO3/c1-3-4-5-6-17-15(19)11(2)20-14-8-12(10-18)7-13(16)9-14/h7-9,11,18H,3-6,10H2,1-2H3,(H,17,19). The van der Waals surface area contributed by atoms with Gasteiger partial charge in [-0.25, -0.2) is 4.39 Å². The van der Waals surface area contributed by atoms with Crippen molar-refractivity contribution in [2.75, 3.05) is 6.54 Å². The molecule has 1 unspecified atom stereocenters. The molecular formula is C15H22FNO3. The van der Waals surface area contributed by atoms with Gasteiger partial charge in [-0.2, -0.15) is 0 Å². The second-order valence-electron chi connectivity index (χ2n) is 4.71. The van der Waals surface area contributed by atoms with Gasteiger partial charge in [0.25, 0.3) is 5.91 Å². The molecule has 0 radical (unpaired) electrons. The Morgan fingerprint density at radius 3 is 2.80 bits per heavy atom. The van der Waals surface area contributed by atoms with Crippen molar-refractivity contribution in [3.63, 3.8) is 0 Å². The Morgan fingerprint density at radius 2 is 2.15 bits per heavy atom. The van der Waals surface area contributed by atoms with Crippen LogP contribution in [0, 0.1) is 5.82 Å². The first-order valence-electron chi connectivity index (χ1n) is 6.91. The van der Waals surface area contributed by atoms with Crippen LogP contribution in [0.5, 0.6) is 5.75 Å². The normalized spacial score (nSPS) is 12.0. The minimum Gasteiger partial charge on any atom is -0.481 e. The number of ether oxygens (including phenoxy) is 1. The van der Waals surface area contributed by atoms with Crippen LogP contribution in [0.25, 0.3) is 0 Å². The van der Waals surface area contributed by atoms with E-state index in [1.165, 1.54) is 18.2 Å². The summed E-state index contributed by atoms with van der Waals surface area (Å²) in [5.74, 6) is -0.483. The Labute approximate surface area is 119 Å². The van der Waals surface area contributed by atoms with E-state index in [1.807, 2.05) is 0 Å². The number of unbranched alkanes of at least 4 members (excludes halogenated alkanes) is 2. The molecule has 0 saturated carbocycles. The van der Waals surface area contributed by atoms with E-state index in [4.69, 9.17) is 9.84 Å². The van der Waals surface area contributed by atoms with Gasteiger partial charge in [0.2, 0.25) is 0 Å². The topological polar surface area (TPSA) is 58.6 Å². The van der Waals surface area contributed by atoms with Gasteiger partial charge < -0.3 is 15.2 Å². The Morgan fingerprint density at radius 1 is 1.40 bits per heavy atom. The molecule has 0 saturated heterocycles. The average Bonchev–Trinajstić information content (AvgIpc) is 2.42. The third-order valence-corrected chi connectivity index (χ3v) is 2.88. The van der Waals surface area contributed by atoms with E-state index < -0.39 is 11.9 Å². The highest BCUT2D eigenvalue weighted by atomic mass is 19.1. The third kappa shape index (κ3) is 5.57. The van der Waals surface area contributed by atoms with Crippen molar-refractivity contribution < 1.29 is 19.0 Å². The van der Waals surface area contributed by atoms with Crippen molar-refractivity contribution in [1.29, 1.82) is 0 Å². The zero-order chi connectivity index (χ0) is 15.0. The number of nitrogens with one attached hydrogen (secondary N) is 1. The fourth-order valence-electron chi connectivity index (χ4n) is 1.77. The van der Waals surface area contributed by atoms with Crippen LogP contribution in [0.4, 0.5) is 4.39 Å². The summed E-state index contributed by atoms with van der Waals surface area (Å²) in [7, 11) is 0. The maximum absolute atomic E-state index is 13.3. The fourth-order valence-corrected chi connectivity index (χ4v) is 1.77. The van der Waals surface area contributed by atoms with Crippen LogP contribution in [0.1, 0.15) is 38.7 Å². The molecule has 0 heterocycles. The van der Waals surface area contributed by atoms with E-state index in [0.717, 1.165) is 19.3 Å². The molecule has 0 bridgehead atoms. The van der Waals surface area contributed by atoms with Gasteiger partial charge in [0.1, 0.15) is 11.6 Å². The summed E-state index contributed by atoms with van der Waals surface area (Å²) in [5, 5.41) is 11.8.